The first kappa shape index (κ1) is 22.6. The van der Waals surface area contributed by atoms with Gasteiger partial charge in [-0.05, 0) is 29.8 Å². The van der Waals surface area contributed by atoms with Crippen molar-refractivity contribution in [1.29, 1.82) is 5.26 Å². The zero-order chi connectivity index (χ0) is 24.2. The standard InChI is InChI=1S/C25H22N4O5/c1-32-24(30)20-19(15-6-4-3-5-7-15)18(14-26)22(27)29(21(20)25(31)33-2)17-10-8-16(9-11-17)23-28-12-13-34-23/h3-11,19H,12-13,27H2,1-2H3. The summed E-state index contributed by atoms with van der Waals surface area (Å²) in [6.07, 6.45) is 0. The van der Waals surface area contributed by atoms with Crippen LogP contribution < -0.4 is 10.6 Å². The molecule has 0 fully saturated rings. The highest BCUT2D eigenvalue weighted by Crippen LogP contribution is 2.43. The molecule has 0 bridgehead atoms. The van der Waals surface area contributed by atoms with Crippen molar-refractivity contribution in [3.05, 3.63) is 88.4 Å². The van der Waals surface area contributed by atoms with E-state index in [4.69, 9.17) is 19.9 Å². The number of methoxy groups -OCH3 is 2. The average Bonchev–Trinajstić information content (AvgIpc) is 3.42. The predicted molar refractivity (Wildman–Crippen MR) is 123 cm³/mol. The van der Waals surface area contributed by atoms with Crippen LogP contribution in [0.25, 0.3) is 0 Å². The molecular formula is C25H22N4O5. The average molecular weight is 458 g/mol. The van der Waals surface area contributed by atoms with Gasteiger partial charge in [-0.3, -0.25) is 4.90 Å². The molecule has 4 rings (SSSR count). The number of esters is 2. The summed E-state index contributed by atoms with van der Waals surface area (Å²) in [4.78, 5) is 31.7. The maximum atomic E-state index is 13.0. The number of nitriles is 1. The summed E-state index contributed by atoms with van der Waals surface area (Å²) < 4.78 is 15.6. The molecule has 0 radical (unpaired) electrons. The number of carbonyl (C=O) groups is 2. The molecule has 0 spiro atoms. The summed E-state index contributed by atoms with van der Waals surface area (Å²) in [5.74, 6) is -1.95. The maximum absolute atomic E-state index is 13.0. The number of anilines is 1. The quantitative estimate of drug-likeness (QED) is 0.677. The lowest BCUT2D eigenvalue weighted by atomic mass is 9.81. The van der Waals surface area contributed by atoms with Crippen molar-refractivity contribution in [3.63, 3.8) is 0 Å². The van der Waals surface area contributed by atoms with Crippen LogP contribution >= 0.6 is 0 Å². The molecule has 2 N–H and O–H groups in total. The molecule has 2 aromatic carbocycles. The minimum absolute atomic E-state index is 0.00612. The molecule has 0 saturated heterocycles. The zero-order valence-electron chi connectivity index (χ0n) is 18.6. The normalized spacial score (nSPS) is 17.6. The van der Waals surface area contributed by atoms with Crippen molar-refractivity contribution < 1.29 is 23.8 Å². The molecule has 9 heteroatoms. The Kier molecular flexibility index (Phi) is 6.32. The molecule has 0 aromatic heterocycles. The third-order valence-electron chi connectivity index (χ3n) is 5.57. The van der Waals surface area contributed by atoms with Crippen molar-refractivity contribution in [2.75, 3.05) is 32.3 Å². The van der Waals surface area contributed by atoms with Crippen LogP contribution in [0.5, 0.6) is 0 Å². The van der Waals surface area contributed by atoms with Crippen molar-refractivity contribution >= 4 is 23.5 Å². The van der Waals surface area contributed by atoms with Gasteiger partial charge < -0.3 is 19.9 Å². The Bertz CT molecular complexity index is 1260. The highest BCUT2D eigenvalue weighted by Gasteiger charge is 2.42. The second-order valence-electron chi connectivity index (χ2n) is 7.42. The molecule has 2 aromatic rings. The van der Waals surface area contributed by atoms with E-state index in [9.17, 15) is 14.9 Å². The van der Waals surface area contributed by atoms with Gasteiger partial charge in [-0.15, -0.1) is 0 Å². The van der Waals surface area contributed by atoms with E-state index in [0.29, 0.717) is 30.3 Å². The summed E-state index contributed by atoms with van der Waals surface area (Å²) in [7, 11) is 2.42. The van der Waals surface area contributed by atoms with Crippen LogP contribution in [0.15, 0.2) is 82.3 Å². The number of ether oxygens (including phenoxy) is 3. The number of allylic oxidation sites excluding steroid dienone is 1. The third kappa shape index (κ3) is 3.86. The lowest BCUT2D eigenvalue weighted by molar-refractivity contribution is -0.139. The van der Waals surface area contributed by atoms with Gasteiger partial charge >= 0.3 is 11.9 Å². The van der Waals surface area contributed by atoms with Crippen molar-refractivity contribution in [1.82, 2.24) is 0 Å². The summed E-state index contributed by atoms with van der Waals surface area (Å²) >= 11 is 0. The van der Waals surface area contributed by atoms with E-state index in [1.54, 1.807) is 54.6 Å². The Morgan fingerprint density at radius 3 is 2.32 bits per heavy atom. The highest BCUT2D eigenvalue weighted by atomic mass is 16.5. The lowest BCUT2D eigenvalue weighted by Gasteiger charge is -2.35. The highest BCUT2D eigenvalue weighted by molar-refractivity contribution is 6.06. The lowest BCUT2D eigenvalue weighted by Crippen LogP contribution is -2.40. The van der Waals surface area contributed by atoms with Crippen LogP contribution in [0.1, 0.15) is 17.0 Å². The van der Waals surface area contributed by atoms with E-state index in [2.05, 4.69) is 11.1 Å². The number of benzene rings is 2. The smallest absolute Gasteiger partial charge is 0.355 e. The van der Waals surface area contributed by atoms with Crippen LogP contribution in [0.4, 0.5) is 5.69 Å². The van der Waals surface area contributed by atoms with Crippen LogP contribution in [-0.2, 0) is 23.8 Å². The monoisotopic (exact) mass is 458 g/mol. The number of hydrogen-bond acceptors (Lipinski definition) is 9. The van der Waals surface area contributed by atoms with Crippen LogP contribution in [0.3, 0.4) is 0 Å². The Balaban J connectivity index is 1.95. The number of hydrogen-bond donors (Lipinski definition) is 1. The summed E-state index contributed by atoms with van der Waals surface area (Å²) in [5.41, 5.74) is 8.22. The van der Waals surface area contributed by atoms with Crippen LogP contribution in [-0.4, -0.2) is 45.2 Å². The minimum atomic E-state index is -0.912. The van der Waals surface area contributed by atoms with E-state index in [0.717, 1.165) is 5.56 Å². The van der Waals surface area contributed by atoms with Gasteiger partial charge in [-0.1, -0.05) is 30.3 Å². The summed E-state index contributed by atoms with van der Waals surface area (Å²) in [5, 5.41) is 10.1. The molecule has 0 amide bonds. The molecule has 172 valence electrons. The summed E-state index contributed by atoms with van der Waals surface area (Å²) in [6.45, 7) is 1.10. The summed E-state index contributed by atoms with van der Waals surface area (Å²) in [6, 6.07) is 17.9. The van der Waals surface area contributed by atoms with Gasteiger partial charge in [-0.25, -0.2) is 14.6 Å². The fraction of sp³-hybridized carbons (Fsp3) is 0.200. The van der Waals surface area contributed by atoms with Gasteiger partial charge in [0.05, 0.1) is 43.9 Å². The first-order valence-corrected chi connectivity index (χ1v) is 10.4. The SMILES string of the molecule is COC(=O)C1=C(C(=O)OC)N(c2ccc(C3=NCCO3)cc2)C(N)=C(C#N)C1c1ccccc1. The Morgan fingerprint density at radius 1 is 1.09 bits per heavy atom. The second-order valence-corrected chi connectivity index (χ2v) is 7.42. The van der Waals surface area contributed by atoms with Crippen molar-refractivity contribution in [3.8, 4) is 6.07 Å². The molecule has 0 saturated carbocycles. The number of nitrogens with two attached hydrogens (primary N) is 1. The van der Waals surface area contributed by atoms with Gasteiger partial charge in [0, 0.05) is 11.3 Å². The number of aliphatic imine (C=N–C) groups is 1. The topological polar surface area (TPSA) is 127 Å². The van der Waals surface area contributed by atoms with Gasteiger partial charge in [0.25, 0.3) is 0 Å². The fourth-order valence-corrected chi connectivity index (χ4v) is 4.04. The van der Waals surface area contributed by atoms with E-state index < -0.39 is 17.9 Å². The molecular weight excluding hydrogens is 436 g/mol. The Hall–Kier alpha value is -4.58. The number of carbonyl (C=O) groups excluding carboxylic acids is 2. The zero-order valence-corrected chi connectivity index (χ0v) is 18.6. The van der Waals surface area contributed by atoms with Gasteiger partial charge in [0.1, 0.15) is 18.1 Å². The molecule has 1 unspecified atom stereocenters. The molecule has 2 heterocycles. The number of rotatable bonds is 5. The second kappa shape index (κ2) is 9.50. The fourth-order valence-electron chi connectivity index (χ4n) is 4.04. The Labute approximate surface area is 196 Å². The molecule has 0 aliphatic carbocycles. The minimum Gasteiger partial charge on any atom is -0.476 e. The van der Waals surface area contributed by atoms with Crippen molar-refractivity contribution in [2.45, 2.75) is 5.92 Å². The number of nitrogens with zero attached hydrogens (tertiary/aromatic N) is 3. The molecule has 2 aliphatic heterocycles. The predicted octanol–water partition coefficient (Wildman–Crippen LogP) is 2.36. The largest absolute Gasteiger partial charge is 0.476 e. The molecule has 2 aliphatic rings. The van der Waals surface area contributed by atoms with E-state index in [1.165, 1.54) is 19.1 Å². The van der Waals surface area contributed by atoms with E-state index >= 15 is 0 Å². The maximum Gasteiger partial charge on any atom is 0.355 e. The molecule has 1 atom stereocenters. The van der Waals surface area contributed by atoms with Crippen molar-refractivity contribution in [2.24, 2.45) is 10.7 Å². The van der Waals surface area contributed by atoms with Crippen LogP contribution in [0, 0.1) is 11.3 Å². The molecule has 9 nitrogen and oxygen atoms in total. The van der Waals surface area contributed by atoms with E-state index in [1.807, 2.05) is 0 Å². The van der Waals surface area contributed by atoms with Crippen LogP contribution in [0.2, 0.25) is 0 Å². The first-order valence-electron chi connectivity index (χ1n) is 10.4. The molecule has 34 heavy (non-hydrogen) atoms. The third-order valence-corrected chi connectivity index (χ3v) is 5.57. The van der Waals surface area contributed by atoms with Gasteiger partial charge in [-0.2, -0.15) is 5.26 Å². The Morgan fingerprint density at radius 2 is 1.76 bits per heavy atom. The van der Waals surface area contributed by atoms with Gasteiger partial charge in [0.15, 0.2) is 0 Å². The first-order chi connectivity index (χ1) is 16.5. The van der Waals surface area contributed by atoms with E-state index in [-0.39, 0.29) is 22.7 Å². The van der Waals surface area contributed by atoms with Gasteiger partial charge in [0.2, 0.25) is 5.90 Å².